The Bertz CT molecular complexity index is 304. The monoisotopic (exact) mass is 207 g/mol. The maximum absolute atomic E-state index is 4.30. The fourth-order valence-electron chi connectivity index (χ4n) is 1.56. The average molecular weight is 207 g/mol. The lowest BCUT2D eigenvalue weighted by atomic mass is 10.0. The van der Waals surface area contributed by atoms with E-state index < -0.39 is 0 Å². The molecule has 0 aliphatic heterocycles. The molecule has 0 aromatic carbocycles. The molecule has 2 unspecified atom stereocenters. The summed E-state index contributed by atoms with van der Waals surface area (Å²) in [4.78, 5) is 4.30. The van der Waals surface area contributed by atoms with Crippen molar-refractivity contribution in [1.29, 1.82) is 0 Å². The first-order valence-electron chi connectivity index (χ1n) is 5.58. The molecule has 0 spiro atoms. The highest BCUT2D eigenvalue weighted by Gasteiger charge is 2.14. The quantitative estimate of drug-likeness (QED) is 0.726. The summed E-state index contributed by atoms with van der Waals surface area (Å²) in [6, 6.07) is 0.477. The van der Waals surface area contributed by atoms with Crippen LogP contribution in [0.4, 0.5) is 5.95 Å². The van der Waals surface area contributed by atoms with Crippen molar-refractivity contribution in [1.82, 2.24) is 9.55 Å². The van der Waals surface area contributed by atoms with Crippen molar-refractivity contribution >= 4 is 5.95 Å². The molecule has 0 fully saturated rings. The lowest BCUT2D eigenvalue weighted by Crippen LogP contribution is -2.16. The van der Waals surface area contributed by atoms with E-state index in [1.165, 1.54) is 6.42 Å². The van der Waals surface area contributed by atoms with Gasteiger partial charge in [0.25, 0.3) is 0 Å². The van der Waals surface area contributed by atoms with Crippen LogP contribution >= 0.6 is 0 Å². The maximum Gasteiger partial charge on any atom is 0.203 e. The fourth-order valence-corrected chi connectivity index (χ4v) is 1.56. The summed E-state index contributed by atoms with van der Waals surface area (Å²) in [5, 5.41) is 3.24. The highest BCUT2D eigenvalue weighted by molar-refractivity contribution is 5.27. The summed E-state index contributed by atoms with van der Waals surface area (Å²) in [5.74, 6) is 1.59. The lowest BCUT2D eigenvalue weighted by Gasteiger charge is -2.22. The summed E-state index contributed by atoms with van der Waals surface area (Å²) in [6.45, 7) is 11.2. The van der Waals surface area contributed by atoms with Crippen molar-refractivity contribution in [3.8, 4) is 0 Å². The summed E-state index contributed by atoms with van der Waals surface area (Å²) in [6.07, 6.45) is 6.89. The molecular formula is C12H21N3. The molecule has 1 rings (SSSR count). The first-order valence-corrected chi connectivity index (χ1v) is 5.58. The van der Waals surface area contributed by atoms with Crippen LogP contribution in [0.1, 0.15) is 33.2 Å². The van der Waals surface area contributed by atoms with E-state index in [1.807, 2.05) is 18.5 Å². The topological polar surface area (TPSA) is 29.9 Å². The van der Waals surface area contributed by atoms with Crippen LogP contribution in [0.15, 0.2) is 25.0 Å². The molecular weight excluding hydrogens is 186 g/mol. The molecule has 0 radical (unpaired) electrons. The largest absolute Gasteiger partial charge is 0.352 e. The van der Waals surface area contributed by atoms with Crippen LogP contribution in [0, 0.1) is 5.92 Å². The Hall–Kier alpha value is -1.25. The molecule has 1 aromatic heterocycles. The number of hydrogen-bond donors (Lipinski definition) is 1. The van der Waals surface area contributed by atoms with Gasteiger partial charge in [0.05, 0.1) is 0 Å². The third-order valence-corrected chi connectivity index (χ3v) is 2.98. The maximum atomic E-state index is 4.30. The van der Waals surface area contributed by atoms with Crippen molar-refractivity contribution < 1.29 is 0 Å². The van der Waals surface area contributed by atoms with Gasteiger partial charge >= 0.3 is 0 Å². The van der Waals surface area contributed by atoms with Crippen molar-refractivity contribution in [2.24, 2.45) is 5.92 Å². The summed E-state index contributed by atoms with van der Waals surface area (Å²) >= 11 is 0. The number of rotatable bonds is 6. The molecule has 0 aliphatic carbocycles. The second-order valence-electron chi connectivity index (χ2n) is 3.95. The van der Waals surface area contributed by atoms with E-state index in [0.717, 1.165) is 12.5 Å². The molecule has 3 nitrogen and oxygen atoms in total. The van der Waals surface area contributed by atoms with Gasteiger partial charge in [-0.25, -0.2) is 4.98 Å². The Morgan fingerprint density at radius 3 is 2.93 bits per heavy atom. The fraction of sp³-hybridized carbons (Fsp3) is 0.583. The number of anilines is 1. The molecule has 15 heavy (non-hydrogen) atoms. The molecule has 84 valence electrons. The Kier molecular flexibility index (Phi) is 4.40. The number of imidazole rings is 1. The zero-order valence-corrected chi connectivity index (χ0v) is 9.90. The molecule has 0 saturated heterocycles. The van der Waals surface area contributed by atoms with Crippen molar-refractivity contribution in [3.05, 3.63) is 25.0 Å². The molecule has 0 aliphatic rings. The van der Waals surface area contributed by atoms with Crippen LogP contribution in [0.25, 0.3) is 0 Å². The van der Waals surface area contributed by atoms with Gasteiger partial charge in [-0.3, -0.25) is 0 Å². The molecule has 3 heteroatoms. The van der Waals surface area contributed by atoms with Crippen LogP contribution in [0.3, 0.4) is 0 Å². The van der Waals surface area contributed by atoms with Crippen LogP contribution in [0.5, 0.6) is 0 Å². The van der Waals surface area contributed by atoms with Crippen LogP contribution < -0.4 is 5.32 Å². The SMILES string of the molecule is C=CCNc1nccn1C(C)C(C)CC. The Balaban J connectivity index is 2.74. The normalized spacial score (nSPS) is 14.6. The summed E-state index contributed by atoms with van der Waals surface area (Å²) < 4.78 is 2.19. The van der Waals surface area contributed by atoms with Gasteiger partial charge in [-0.05, 0) is 12.8 Å². The number of nitrogens with zero attached hydrogens (tertiary/aromatic N) is 2. The van der Waals surface area contributed by atoms with Crippen molar-refractivity contribution in [2.75, 3.05) is 11.9 Å². The van der Waals surface area contributed by atoms with Crippen LogP contribution in [0.2, 0.25) is 0 Å². The van der Waals surface area contributed by atoms with Crippen molar-refractivity contribution in [2.45, 2.75) is 33.2 Å². The van der Waals surface area contributed by atoms with Gasteiger partial charge in [-0.15, -0.1) is 6.58 Å². The van der Waals surface area contributed by atoms with E-state index in [0.29, 0.717) is 12.0 Å². The highest BCUT2D eigenvalue weighted by atomic mass is 15.2. The minimum Gasteiger partial charge on any atom is -0.352 e. The van der Waals surface area contributed by atoms with Gasteiger partial charge in [-0.1, -0.05) is 26.3 Å². The first kappa shape index (κ1) is 11.8. The third kappa shape index (κ3) is 2.85. The van der Waals surface area contributed by atoms with Crippen LogP contribution in [-0.2, 0) is 0 Å². The predicted octanol–water partition coefficient (Wildman–Crippen LogP) is 3.09. The van der Waals surface area contributed by atoms with Gasteiger partial charge in [0.1, 0.15) is 0 Å². The van der Waals surface area contributed by atoms with Crippen LogP contribution in [-0.4, -0.2) is 16.1 Å². The van der Waals surface area contributed by atoms with E-state index in [4.69, 9.17) is 0 Å². The predicted molar refractivity (Wildman–Crippen MR) is 65.1 cm³/mol. The lowest BCUT2D eigenvalue weighted by molar-refractivity contribution is 0.373. The standard InChI is InChI=1S/C12H21N3/c1-5-7-13-12-14-8-9-15(12)11(4)10(3)6-2/h5,8-11H,1,6-7H2,2-4H3,(H,13,14). The molecule has 1 heterocycles. The van der Waals surface area contributed by atoms with Gasteiger partial charge in [0, 0.05) is 25.0 Å². The Labute approximate surface area is 92.2 Å². The number of nitrogens with one attached hydrogen (secondary N) is 1. The van der Waals surface area contributed by atoms with E-state index in [2.05, 4.69) is 42.2 Å². The minimum atomic E-state index is 0.477. The molecule has 0 bridgehead atoms. The third-order valence-electron chi connectivity index (χ3n) is 2.98. The zero-order valence-electron chi connectivity index (χ0n) is 9.90. The van der Waals surface area contributed by atoms with E-state index in [9.17, 15) is 0 Å². The van der Waals surface area contributed by atoms with Gasteiger partial charge < -0.3 is 9.88 Å². The first-order chi connectivity index (χ1) is 7.20. The van der Waals surface area contributed by atoms with Gasteiger partial charge in [0.15, 0.2) is 0 Å². The summed E-state index contributed by atoms with van der Waals surface area (Å²) in [5.41, 5.74) is 0. The Morgan fingerprint density at radius 2 is 2.33 bits per heavy atom. The molecule has 0 amide bonds. The number of hydrogen-bond acceptors (Lipinski definition) is 2. The second-order valence-corrected chi connectivity index (χ2v) is 3.95. The van der Waals surface area contributed by atoms with E-state index in [-0.39, 0.29) is 0 Å². The number of aromatic nitrogens is 2. The minimum absolute atomic E-state index is 0.477. The Morgan fingerprint density at radius 1 is 1.60 bits per heavy atom. The highest BCUT2D eigenvalue weighted by Crippen LogP contribution is 2.23. The smallest absolute Gasteiger partial charge is 0.203 e. The summed E-state index contributed by atoms with van der Waals surface area (Å²) in [7, 11) is 0. The molecule has 0 saturated carbocycles. The van der Waals surface area contributed by atoms with Gasteiger partial charge in [0.2, 0.25) is 5.95 Å². The van der Waals surface area contributed by atoms with E-state index in [1.54, 1.807) is 0 Å². The zero-order chi connectivity index (χ0) is 11.3. The second kappa shape index (κ2) is 5.59. The molecule has 1 N–H and O–H groups in total. The van der Waals surface area contributed by atoms with Gasteiger partial charge in [-0.2, -0.15) is 0 Å². The molecule has 1 aromatic rings. The molecule has 2 atom stereocenters. The average Bonchev–Trinajstić information content (AvgIpc) is 2.72. The van der Waals surface area contributed by atoms with Crippen molar-refractivity contribution in [3.63, 3.8) is 0 Å². The van der Waals surface area contributed by atoms with E-state index >= 15 is 0 Å².